The first-order valence-electron chi connectivity index (χ1n) is 9.27. The molecule has 0 saturated heterocycles. The molecule has 0 radical (unpaired) electrons. The van der Waals surface area contributed by atoms with Crippen molar-refractivity contribution in [3.8, 4) is 11.5 Å². The molecule has 2 aromatic carbocycles. The number of nitrogens with zero attached hydrogens (tertiary/aromatic N) is 3. The van der Waals surface area contributed by atoms with E-state index in [0.29, 0.717) is 18.3 Å². The number of hydrogen-bond donors (Lipinski definition) is 1. The number of rotatable bonds is 9. The van der Waals surface area contributed by atoms with Gasteiger partial charge in [-0.15, -0.1) is 10.2 Å². The summed E-state index contributed by atoms with van der Waals surface area (Å²) < 4.78 is 12.9. The molecule has 1 N–H and O–H groups in total. The van der Waals surface area contributed by atoms with Crippen LogP contribution < -0.4 is 14.8 Å². The first-order valence-corrected chi connectivity index (χ1v) is 10.3. The fourth-order valence-electron chi connectivity index (χ4n) is 2.70. The van der Waals surface area contributed by atoms with E-state index in [1.807, 2.05) is 42.7 Å². The van der Waals surface area contributed by atoms with Crippen LogP contribution in [0.4, 0.5) is 5.69 Å². The van der Waals surface area contributed by atoms with Crippen LogP contribution in [0.2, 0.25) is 0 Å². The third kappa shape index (κ3) is 5.74. The monoisotopic (exact) mass is 412 g/mol. The summed E-state index contributed by atoms with van der Waals surface area (Å²) in [5.74, 6) is 2.40. The Hall–Kier alpha value is -3.00. The highest BCUT2D eigenvalue weighted by molar-refractivity contribution is 7.99. The number of amides is 1. The van der Waals surface area contributed by atoms with Crippen LogP contribution in [0.25, 0.3) is 0 Å². The number of thioether (sulfide) groups is 1. The maximum absolute atomic E-state index is 12.2. The Kier molecular flexibility index (Phi) is 7.13. The molecular weight excluding hydrogens is 388 g/mol. The van der Waals surface area contributed by atoms with Crippen LogP contribution in [-0.2, 0) is 17.9 Å². The van der Waals surface area contributed by atoms with Crippen LogP contribution in [0.15, 0.2) is 53.7 Å². The van der Waals surface area contributed by atoms with Gasteiger partial charge in [-0.3, -0.25) is 4.79 Å². The van der Waals surface area contributed by atoms with Crippen molar-refractivity contribution in [3.63, 3.8) is 0 Å². The molecule has 0 saturated carbocycles. The number of anilines is 1. The number of carbonyl (C=O) groups excluding carboxylic acids is 1. The summed E-state index contributed by atoms with van der Waals surface area (Å²) >= 11 is 1.35. The van der Waals surface area contributed by atoms with E-state index in [9.17, 15) is 4.79 Å². The minimum absolute atomic E-state index is 0.108. The Labute approximate surface area is 174 Å². The molecule has 7 nitrogen and oxygen atoms in total. The highest BCUT2D eigenvalue weighted by atomic mass is 32.2. The van der Waals surface area contributed by atoms with E-state index in [-0.39, 0.29) is 11.7 Å². The summed E-state index contributed by atoms with van der Waals surface area (Å²) in [5.41, 5.74) is 1.86. The van der Waals surface area contributed by atoms with Gasteiger partial charge in [0, 0.05) is 12.2 Å². The lowest BCUT2D eigenvalue weighted by molar-refractivity contribution is -0.113. The fourth-order valence-corrected chi connectivity index (χ4v) is 3.53. The number of ether oxygens (including phenoxy) is 2. The predicted octanol–water partition coefficient (Wildman–Crippen LogP) is 3.92. The van der Waals surface area contributed by atoms with Gasteiger partial charge < -0.3 is 19.4 Å². The van der Waals surface area contributed by atoms with Crippen LogP contribution in [0.5, 0.6) is 11.5 Å². The summed E-state index contributed by atoms with van der Waals surface area (Å²) in [6.07, 6.45) is 0. The van der Waals surface area contributed by atoms with Crippen molar-refractivity contribution in [1.82, 2.24) is 14.8 Å². The Morgan fingerprint density at radius 3 is 2.62 bits per heavy atom. The number of benzene rings is 2. The van der Waals surface area contributed by atoms with Gasteiger partial charge in [-0.25, -0.2) is 0 Å². The summed E-state index contributed by atoms with van der Waals surface area (Å²) in [6, 6.07) is 15.1. The first-order chi connectivity index (χ1) is 14.1. The van der Waals surface area contributed by atoms with Crippen molar-refractivity contribution in [2.75, 3.05) is 18.2 Å². The highest BCUT2D eigenvalue weighted by Crippen LogP contribution is 2.20. The molecule has 152 valence electrons. The van der Waals surface area contributed by atoms with Crippen molar-refractivity contribution in [1.29, 1.82) is 0 Å². The van der Waals surface area contributed by atoms with Crippen molar-refractivity contribution in [2.24, 2.45) is 0 Å². The molecule has 0 aliphatic rings. The van der Waals surface area contributed by atoms with Crippen LogP contribution in [0.1, 0.15) is 18.3 Å². The van der Waals surface area contributed by atoms with Gasteiger partial charge in [0.2, 0.25) is 5.91 Å². The van der Waals surface area contributed by atoms with E-state index < -0.39 is 0 Å². The quantitative estimate of drug-likeness (QED) is 0.537. The van der Waals surface area contributed by atoms with E-state index in [2.05, 4.69) is 15.5 Å². The molecular formula is C21H24N4O3S. The zero-order chi connectivity index (χ0) is 20.6. The van der Waals surface area contributed by atoms with E-state index in [4.69, 9.17) is 9.47 Å². The summed E-state index contributed by atoms with van der Waals surface area (Å²) in [5, 5.41) is 12.0. The lowest BCUT2D eigenvalue weighted by atomic mass is 10.2. The van der Waals surface area contributed by atoms with Crippen molar-refractivity contribution in [3.05, 3.63) is 59.9 Å². The Balaban J connectivity index is 1.55. The second kappa shape index (κ2) is 9.97. The highest BCUT2D eigenvalue weighted by Gasteiger charge is 2.14. The SMILES string of the molecule is CCn1c(COc2cccc(C)c2)nnc1SCC(=O)Nc1ccc(OC)cc1. The van der Waals surface area contributed by atoms with Gasteiger partial charge in [-0.05, 0) is 55.8 Å². The molecule has 1 amide bonds. The van der Waals surface area contributed by atoms with E-state index in [1.165, 1.54) is 11.8 Å². The van der Waals surface area contributed by atoms with Crippen LogP contribution in [0, 0.1) is 6.92 Å². The lowest BCUT2D eigenvalue weighted by Gasteiger charge is -2.09. The average Bonchev–Trinajstić information content (AvgIpc) is 3.13. The number of hydrogen-bond acceptors (Lipinski definition) is 6. The molecule has 0 bridgehead atoms. The van der Waals surface area contributed by atoms with Gasteiger partial charge in [0.05, 0.1) is 12.9 Å². The Morgan fingerprint density at radius 1 is 1.14 bits per heavy atom. The van der Waals surface area contributed by atoms with Gasteiger partial charge in [0.15, 0.2) is 11.0 Å². The number of aryl methyl sites for hydroxylation is 1. The largest absolute Gasteiger partial charge is 0.497 e. The molecule has 8 heteroatoms. The van der Waals surface area contributed by atoms with Crippen molar-refractivity contribution in [2.45, 2.75) is 32.2 Å². The van der Waals surface area contributed by atoms with E-state index in [1.54, 1.807) is 31.4 Å². The Morgan fingerprint density at radius 2 is 1.93 bits per heavy atom. The number of carbonyl (C=O) groups is 1. The average molecular weight is 413 g/mol. The first kappa shape index (κ1) is 20.7. The number of nitrogens with one attached hydrogen (secondary N) is 1. The van der Waals surface area contributed by atoms with E-state index in [0.717, 1.165) is 28.6 Å². The normalized spacial score (nSPS) is 10.6. The molecule has 0 fully saturated rings. The molecule has 0 aliphatic heterocycles. The van der Waals surface area contributed by atoms with Crippen LogP contribution in [0.3, 0.4) is 0 Å². The molecule has 1 heterocycles. The maximum Gasteiger partial charge on any atom is 0.234 e. The number of methoxy groups -OCH3 is 1. The molecule has 0 spiro atoms. The van der Waals surface area contributed by atoms with Crippen molar-refractivity contribution >= 4 is 23.4 Å². The topological polar surface area (TPSA) is 78.3 Å². The number of aromatic nitrogens is 3. The molecule has 29 heavy (non-hydrogen) atoms. The second-order valence-corrected chi connectivity index (χ2v) is 7.26. The van der Waals surface area contributed by atoms with Gasteiger partial charge >= 0.3 is 0 Å². The van der Waals surface area contributed by atoms with Crippen molar-refractivity contribution < 1.29 is 14.3 Å². The minimum atomic E-state index is -0.108. The molecule has 0 atom stereocenters. The Bertz CT molecular complexity index is 957. The predicted molar refractivity (Wildman–Crippen MR) is 114 cm³/mol. The lowest BCUT2D eigenvalue weighted by Crippen LogP contribution is -2.14. The van der Waals surface area contributed by atoms with E-state index >= 15 is 0 Å². The summed E-state index contributed by atoms with van der Waals surface area (Å²) in [6.45, 7) is 5.05. The summed E-state index contributed by atoms with van der Waals surface area (Å²) in [7, 11) is 1.61. The zero-order valence-corrected chi connectivity index (χ0v) is 17.5. The molecule has 3 aromatic rings. The van der Waals surface area contributed by atoms with Crippen LogP contribution in [-0.4, -0.2) is 33.5 Å². The second-order valence-electron chi connectivity index (χ2n) is 6.31. The smallest absolute Gasteiger partial charge is 0.234 e. The standard InChI is InChI=1S/C21H24N4O3S/c1-4-25-19(13-28-18-7-5-6-15(2)12-18)23-24-21(25)29-14-20(26)22-16-8-10-17(27-3)11-9-16/h5-12H,4,13-14H2,1-3H3,(H,22,26). The van der Waals surface area contributed by atoms with Crippen LogP contribution >= 0.6 is 11.8 Å². The van der Waals surface area contributed by atoms with Gasteiger partial charge in [0.1, 0.15) is 18.1 Å². The molecule has 1 aromatic heterocycles. The van der Waals surface area contributed by atoms with Gasteiger partial charge in [-0.1, -0.05) is 23.9 Å². The minimum Gasteiger partial charge on any atom is -0.497 e. The van der Waals surface area contributed by atoms with Gasteiger partial charge in [0.25, 0.3) is 0 Å². The van der Waals surface area contributed by atoms with Gasteiger partial charge in [-0.2, -0.15) is 0 Å². The maximum atomic E-state index is 12.2. The third-order valence-electron chi connectivity index (χ3n) is 4.17. The fraction of sp³-hybridized carbons (Fsp3) is 0.286. The summed E-state index contributed by atoms with van der Waals surface area (Å²) in [4.78, 5) is 12.2. The molecule has 0 unspecified atom stereocenters. The molecule has 3 rings (SSSR count). The zero-order valence-electron chi connectivity index (χ0n) is 16.7. The molecule has 0 aliphatic carbocycles. The third-order valence-corrected chi connectivity index (χ3v) is 5.14.